The molecule has 0 spiro atoms. The first-order chi connectivity index (χ1) is 14.8. The summed E-state index contributed by atoms with van der Waals surface area (Å²) >= 11 is 11.7. The largest absolute Gasteiger partial charge is 0.416 e. The van der Waals surface area contributed by atoms with Crippen molar-refractivity contribution in [2.24, 2.45) is 0 Å². The highest BCUT2D eigenvalue weighted by molar-refractivity contribution is 7.80. The molecule has 31 heavy (non-hydrogen) atoms. The Morgan fingerprint density at radius 1 is 1.26 bits per heavy atom. The molecule has 0 saturated carbocycles. The summed E-state index contributed by atoms with van der Waals surface area (Å²) in [5.74, 6) is 0. The molecule has 1 N–H and O–H groups in total. The van der Waals surface area contributed by atoms with E-state index in [-0.39, 0.29) is 5.02 Å². The van der Waals surface area contributed by atoms with Gasteiger partial charge in [0, 0.05) is 45.1 Å². The maximum atomic E-state index is 12.9. The Balaban J connectivity index is 1.66. The fourth-order valence-electron chi connectivity index (χ4n) is 3.26. The lowest BCUT2D eigenvalue weighted by atomic mass is 10.2. The van der Waals surface area contributed by atoms with Crippen LogP contribution in [0.4, 0.5) is 18.9 Å². The fourth-order valence-corrected chi connectivity index (χ4v) is 3.76. The molecule has 10 heteroatoms. The minimum atomic E-state index is -4.45. The first kappa shape index (κ1) is 23.7. The predicted molar refractivity (Wildman–Crippen MR) is 119 cm³/mol. The van der Waals surface area contributed by atoms with E-state index >= 15 is 0 Å². The molecule has 2 aromatic rings. The first-order valence-corrected chi connectivity index (χ1v) is 10.7. The zero-order valence-corrected chi connectivity index (χ0v) is 18.4. The summed E-state index contributed by atoms with van der Waals surface area (Å²) in [5, 5.41) is 3.36. The van der Waals surface area contributed by atoms with Crippen LogP contribution in [0.1, 0.15) is 17.5 Å². The second kappa shape index (κ2) is 11.1. The quantitative estimate of drug-likeness (QED) is 0.590. The summed E-state index contributed by atoms with van der Waals surface area (Å²) in [6.07, 6.45) is -0.106. The molecule has 1 aromatic carbocycles. The van der Waals surface area contributed by atoms with Crippen molar-refractivity contribution in [3.05, 3.63) is 58.9 Å². The van der Waals surface area contributed by atoms with Gasteiger partial charge in [-0.25, -0.2) is 0 Å². The number of anilines is 1. The van der Waals surface area contributed by atoms with Gasteiger partial charge in [0.1, 0.15) is 0 Å². The van der Waals surface area contributed by atoms with E-state index in [0.717, 1.165) is 57.0 Å². The number of benzene rings is 1. The van der Waals surface area contributed by atoms with Gasteiger partial charge in [-0.2, -0.15) is 13.2 Å². The Kier molecular flexibility index (Phi) is 8.48. The summed E-state index contributed by atoms with van der Waals surface area (Å²) in [7, 11) is 0. The summed E-state index contributed by atoms with van der Waals surface area (Å²) in [5.41, 5.74) is 0.521. The van der Waals surface area contributed by atoms with Crippen molar-refractivity contribution in [1.82, 2.24) is 14.8 Å². The number of halogens is 4. The molecule has 0 radical (unpaired) electrons. The molecule has 1 fully saturated rings. The summed E-state index contributed by atoms with van der Waals surface area (Å²) in [6.45, 7) is 5.42. The smallest absolute Gasteiger partial charge is 0.379 e. The molecule has 0 atom stereocenters. The van der Waals surface area contributed by atoms with Crippen LogP contribution in [0.25, 0.3) is 0 Å². The lowest BCUT2D eigenvalue weighted by molar-refractivity contribution is -0.137. The number of rotatable bonds is 7. The van der Waals surface area contributed by atoms with Gasteiger partial charge in [-0.3, -0.25) is 9.88 Å². The molecule has 5 nitrogen and oxygen atoms in total. The maximum Gasteiger partial charge on any atom is 0.416 e. The highest BCUT2D eigenvalue weighted by Gasteiger charge is 2.31. The highest BCUT2D eigenvalue weighted by atomic mass is 35.5. The van der Waals surface area contributed by atoms with Crippen molar-refractivity contribution in [3.8, 4) is 0 Å². The second-order valence-corrected chi connectivity index (χ2v) is 8.01. The van der Waals surface area contributed by atoms with Gasteiger partial charge in [-0.15, -0.1) is 0 Å². The Bertz CT molecular complexity index is 863. The van der Waals surface area contributed by atoms with Crippen LogP contribution in [0.5, 0.6) is 0 Å². The normalized spacial score (nSPS) is 15.0. The predicted octanol–water partition coefficient (Wildman–Crippen LogP) is 4.68. The van der Waals surface area contributed by atoms with E-state index in [1.165, 1.54) is 6.07 Å². The minimum absolute atomic E-state index is 0.0354. The molecule has 0 amide bonds. The number of alkyl halides is 3. The Morgan fingerprint density at radius 2 is 2.03 bits per heavy atom. The number of aromatic nitrogens is 1. The molecule has 2 heterocycles. The third kappa shape index (κ3) is 7.31. The molecule has 0 unspecified atom stereocenters. The van der Waals surface area contributed by atoms with Crippen molar-refractivity contribution >= 4 is 34.6 Å². The van der Waals surface area contributed by atoms with Crippen LogP contribution in [-0.4, -0.2) is 59.3 Å². The van der Waals surface area contributed by atoms with Gasteiger partial charge >= 0.3 is 6.18 Å². The van der Waals surface area contributed by atoms with Crippen LogP contribution >= 0.6 is 23.8 Å². The van der Waals surface area contributed by atoms with Crippen LogP contribution < -0.4 is 5.32 Å². The molecule has 1 aliphatic rings. The number of nitrogens with one attached hydrogen (secondary N) is 1. The Labute approximate surface area is 190 Å². The average molecular weight is 473 g/mol. The number of ether oxygens (including phenoxy) is 1. The van der Waals surface area contributed by atoms with Gasteiger partial charge in [0.25, 0.3) is 0 Å². The number of thiocarbonyl (C=S) groups is 1. The second-order valence-electron chi connectivity index (χ2n) is 7.21. The van der Waals surface area contributed by atoms with Gasteiger partial charge in [-0.1, -0.05) is 17.7 Å². The molecule has 168 valence electrons. The van der Waals surface area contributed by atoms with Gasteiger partial charge in [0.05, 0.1) is 29.5 Å². The molecular weight excluding hydrogens is 449 g/mol. The van der Waals surface area contributed by atoms with Crippen molar-refractivity contribution in [2.45, 2.75) is 19.1 Å². The topological polar surface area (TPSA) is 40.6 Å². The van der Waals surface area contributed by atoms with Gasteiger partial charge in [-0.05, 0) is 48.5 Å². The molecule has 1 saturated heterocycles. The maximum absolute atomic E-state index is 12.9. The fraction of sp³-hybridized carbons (Fsp3) is 0.429. The van der Waals surface area contributed by atoms with Crippen LogP contribution in [0.2, 0.25) is 5.02 Å². The minimum Gasteiger partial charge on any atom is -0.379 e. The van der Waals surface area contributed by atoms with E-state index in [1.807, 2.05) is 17.0 Å². The lowest BCUT2D eigenvalue weighted by Gasteiger charge is -2.29. The standard InChI is InChI=1S/C21H24ClF3N4OS/c22-18-13-17(21(23,24)25)4-5-19(18)27-20(31)29(15-16-3-1-6-26-14-16)8-2-7-28-9-11-30-12-10-28/h1,3-6,13-14H,2,7-12,15H2,(H,27,31). The van der Waals surface area contributed by atoms with E-state index in [9.17, 15) is 13.2 Å². The van der Waals surface area contributed by atoms with Gasteiger partial charge in [0.2, 0.25) is 0 Å². The molecule has 3 rings (SSSR count). The molecule has 0 aliphatic carbocycles. The summed E-state index contributed by atoms with van der Waals surface area (Å²) < 4.78 is 44.1. The van der Waals surface area contributed by atoms with Gasteiger partial charge < -0.3 is 15.0 Å². The van der Waals surface area contributed by atoms with Crippen molar-refractivity contribution < 1.29 is 17.9 Å². The van der Waals surface area contributed by atoms with Crippen LogP contribution in [0.3, 0.4) is 0 Å². The molecule has 1 aliphatic heterocycles. The Morgan fingerprint density at radius 3 is 2.68 bits per heavy atom. The van der Waals surface area contributed by atoms with E-state index in [4.69, 9.17) is 28.6 Å². The zero-order valence-electron chi connectivity index (χ0n) is 16.9. The SMILES string of the molecule is FC(F)(F)c1ccc(NC(=S)N(CCCN2CCOCC2)Cc2cccnc2)c(Cl)c1. The summed E-state index contributed by atoms with van der Waals surface area (Å²) in [6, 6.07) is 6.99. The number of hydrogen-bond donors (Lipinski definition) is 1. The average Bonchev–Trinajstić information content (AvgIpc) is 2.75. The first-order valence-electron chi connectivity index (χ1n) is 9.94. The van der Waals surface area contributed by atoms with E-state index in [0.29, 0.717) is 23.9 Å². The van der Waals surface area contributed by atoms with E-state index in [2.05, 4.69) is 15.2 Å². The molecule has 1 aromatic heterocycles. The summed E-state index contributed by atoms with van der Waals surface area (Å²) in [4.78, 5) is 8.46. The molecule has 0 bridgehead atoms. The van der Waals surface area contributed by atoms with E-state index in [1.54, 1.807) is 12.4 Å². The van der Waals surface area contributed by atoms with Crippen LogP contribution in [-0.2, 0) is 17.5 Å². The third-order valence-electron chi connectivity index (χ3n) is 4.93. The zero-order chi connectivity index (χ0) is 22.3. The van der Waals surface area contributed by atoms with Crippen LogP contribution in [0.15, 0.2) is 42.7 Å². The van der Waals surface area contributed by atoms with Crippen LogP contribution in [0, 0.1) is 0 Å². The number of pyridine rings is 1. The van der Waals surface area contributed by atoms with Crippen molar-refractivity contribution in [1.29, 1.82) is 0 Å². The van der Waals surface area contributed by atoms with Crippen molar-refractivity contribution in [3.63, 3.8) is 0 Å². The molecular formula is C21H24ClF3N4OS. The van der Waals surface area contributed by atoms with Crippen molar-refractivity contribution in [2.75, 3.05) is 44.7 Å². The lowest BCUT2D eigenvalue weighted by Crippen LogP contribution is -2.40. The monoisotopic (exact) mass is 472 g/mol. The number of morpholine rings is 1. The van der Waals surface area contributed by atoms with Gasteiger partial charge in [0.15, 0.2) is 5.11 Å². The highest BCUT2D eigenvalue weighted by Crippen LogP contribution is 2.33. The Hall–Kier alpha value is -1.94. The number of nitrogens with zero attached hydrogens (tertiary/aromatic N) is 3. The van der Waals surface area contributed by atoms with E-state index < -0.39 is 11.7 Å². The number of hydrogen-bond acceptors (Lipinski definition) is 4. The third-order valence-corrected chi connectivity index (χ3v) is 5.60.